The van der Waals surface area contributed by atoms with Gasteiger partial charge in [0.05, 0.1) is 48.2 Å². The van der Waals surface area contributed by atoms with Crippen LogP contribution >= 0.6 is 0 Å². The number of anilines is 2. The highest BCUT2D eigenvalue weighted by molar-refractivity contribution is 5.93. The lowest BCUT2D eigenvalue weighted by molar-refractivity contribution is -0.128. The Bertz CT molecular complexity index is 1480. The Kier molecular flexibility index (Phi) is 7.02. The second kappa shape index (κ2) is 10.8. The van der Waals surface area contributed by atoms with Crippen LogP contribution in [0.4, 0.5) is 11.5 Å². The van der Waals surface area contributed by atoms with Crippen molar-refractivity contribution in [2.75, 3.05) is 49.6 Å². The molecule has 0 aliphatic carbocycles. The van der Waals surface area contributed by atoms with Gasteiger partial charge in [-0.1, -0.05) is 12.6 Å². The molecule has 40 heavy (non-hydrogen) atoms. The molecule has 0 spiro atoms. The molecule has 6 rings (SSSR count). The number of fused-ring (bicyclic) bond motifs is 2. The van der Waals surface area contributed by atoms with Crippen molar-refractivity contribution in [3.8, 4) is 12.1 Å². The average molecular weight is 542 g/mol. The number of aromatic amines is 1. The number of amides is 1. The van der Waals surface area contributed by atoms with Gasteiger partial charge < -0.3 is 24.3 Å². The van der Waals surface area contributed by atoms with E-state index in [2.05, 4.69) is 63.6 Å². The van der Waals surface area contributed by atoms with E-state index < -0.39 is 0 Å². The average Bonchev–Trinajstić information content (AvgIpc) is 3.70. The number of rotatable bonds is 7. The van der Waals surface area contributed by atoms with Gasteiger partial charge in [0.25, 0.3) is 0 Å². The summed E-state index contributed by atoms with van der Waals surface area (Å²) in [6.45, 7) is 10.3. The van der Waals surface area contributed by atoms with E-state index in [1.54, 1.807) is 4.90 Å². The number of hydrogen-bond donors (Lipinski definition) is 1. The van der Waals surface area contributed by atoms with Crippen molar-refractivity contribution >= 4 is 28.3 Å². The van der Waals surface area contributed by atoms with Gasteiger partial charge in [-0.2, -0.15) is 20.3 Å². The molecule has 0 saturated carbocycles. The number of aromatic nitrogens is 4. The minimum Gasteiger partial charge on any atom is -0.462 e. The van der Waals surface area contributed by atoms with Crippen LogP contribution in [-0.4, -0.2) is 87.8 Å². The van der Waals surface area contributed by atoms with Crippen LogP contribution in [0, 0.1) is 18.3 Å². The Labute approximate surface area is 234 Å². The SMILES string of the molecule is C=CC(=O)N1CCN(c2nc(OCC3CCCN3C)nc3c2CN(c2c(C)ccc4[nH]ncc24)C3)CC1CC#N. The normalized spacial score (nSPS) is 21.1. The standard InChI is InChI=1S/C29H35N9O2/c1-4-26(39)38-13-12-36(15-20(38)9-10-30)28-23-16-37(27-19(2)7-8-24-22(27)14-31-34-24)17-25(23)32-29(33-28)40-18-21-6-5-11-35(21)3/h4,7-8,14,20-21H,1,5-6,9,11-13,15-18H2,2-3H3,(H,31,34). The van der Waals surface area contributed by atoms with Crippen molar-refractivity contribution in [3.63, 3.8) is 0 Å². The molecule has 11 nitrogen and oxygen atoms in total. The van der Waals surface area contributed by atoms with Gasteiger partial charge >= 0.3 is 6.01 Å². The molecule has 208 valence electrons. The smallest absolute Gasteiger partial charge is 0.318 e. The highest BCUT2D eigenvalue weighted by Crippen LogP contribution is 2.39. The van der Waals surface area contributed by atoms with Gasteiger partial charge in [-0.15, -0.1) is 0 Å². The number of aryl methyl sites for hydroxylation is 1. The minimum atomic E-state index is -0.245. The Morgan fingerprint density at radius 2 is 2.10 bits per heavy atom. The first-order chi connectivity index (χ1) is 19.5. The maximum absolute atomic E-state index is 12.5. The highest BCUT2D eigenvalue weighted by Gasteiger charge is 2.35. The quantitative estimate of drug-likeness (QED) is 0.451. The zero-order chi connectivity index (χ0) is 27.8. The van der Waals surface area contributed by atoms with Crippen LogP contribution in [0.15, 0.2) is 31.0 Å². The molecule has 1 aromatic carbocycles. The van der Waals surface area contributed by atoms with Gasteiger partial charge in [-0.05, 0) is 51.1 Å². The van der Waals surface area contributed by atoms with Crippen LogP contribution in [-0.2, 0) is 17.9 Å². The number of carbonyl (C=O) groups is 1. The van der Waals surface area contributed by atoms with Gasteiger partial charge in [0.1, 0.15) is 12.4 Å². The van der Waals surface area contributed by atoms with Crippen LogP contribution in [0.5, 0.6) is 6.01 Å². The third-order valence-corrected chi connectivity index (χ3v) is 8.50. The molecular formula is C29H35N9O2. The number of carbonyl (C=O) groups excluding carboxylic acids is 1. The van der Waals surface area contributed by atoms with Crippen molar-refractivity contribution < 1.29 is 9.53 Å². The summed E-state index contributed by atoms with van der Waals surface area (Å²) < 4.78 is 6.24. The first kappa shape index (κ1) is 26.1. The predicted molar refractivity (Wildman–Crippen MR) is 152 cm³/mol. The third-order valence-electron chi connectivity index (χ3n) is 8.50. The fourth-order valence-corrected chi connectivity index (χ4v) is 6.33. The molecule has 1 amide bonds. The molecule has 11 heteroatoms. The van der Waals surface area contributed by atoms with E-state index in [1.807, 2.05) is 6.20 Å². The van der Waals surface area contributed by atoms with E-state index in [0.29, 0.717) is 51.4 Å². The zero-order valence-electron chi connectivity index (χ0n) is 23.1. The maximum Gasteiger partial charge on any atom is 0.318 e. The van der Waals surface area contributed by atoms with Crippen LogP contribution in [0.1, 0.15) is 36.1 Å². The van der Waals surface area contributed by atoms with E-state index in [9.17, 15) is 10.1 Å². The Morgan fingerprint density at radius 3 is 2.88 bits per heavy atom. The number of piperazine rings is 1. The number of nitrogens with zero attached hydrogens (tertiary/aromatic N) is 8. The van der Waals surface area contributed by atoms with Crippen molar-refractivity contribution in [1.82, 2.24) is 30.0 Å². The molecule has 2 atom stereocenters. The van der Waals surface area contributed by atoms with E-state index in [4.69, 9.17) is 14.7 Å². The van der Waals surface area contributed by atoms with Crippen molar-refractivity contribution in [2.45, 2.75) is 51.4 Å². The molecule has 5 heterocycles. The minimum absolute atomic E-state index is 0.146. The van der Waals surface area contributed by atoms with Crippen LogP contribution in [0.25, 0.3) is 10.9 Å². The monoisotopic (exact) mass is 541 g/mol. The van der Waals surface area contributed by atoms with E-state index >= 15 is 0 Å². The number of ether oxygens (including phenoxy) is 1. The summed E-state index contributed by atoms with van der Waals surface area (Å²) >= 11 is 0. The summed E-state index contributed by atoms with van der Waals surface area (Å²) in [6, 6.07) is 6.91. The highest BCUT2D eigenvalue weighted by atomic mass is 16.5. The molecule has 2 unspecified atom stereocenters. The second-order valence-corrected chi connectivity index (χ2v) is 11.0. The lowest BCUT2D eigenvalue weighted by Gasteiger charge is -2.41. The van der Waals surface area contributed by atoms with Gasteiger partial charge in [0.15, 0.2) is 0 Å². The van der Waals surface area contributed by atoms with E-state index in [0.717, 1.165) is 46.6 Å². The Hall–Kier alpha value is -4.17. The predicted octanol–water partition coefficient (Wildman–Crippen LogP) is 2.77. The molecule has 3 aliphatic rings. The number of likely N-dealkylation sites (tertiary alicyclic amines) is 1. The fraction of sp³-hybridized carbons (Fsp3) is 0.483. The molecule has 3 aromatic rings. The number of likely N-dealkylation sites (N-methyl/N-ethyl adjacent to an activating group) is 1. The molecule has 0 bridgehead atoms. The fourth-order valence-electron chi connectivity index (χ4n) is 6.33. The van der Waals surface area contributed by atoms with Gasteiger partial charge in [0.2, 0.25) is 5.91 Å². The lowest BCUT2D eigenvalue weighted by Crippen LogP contribution is -2.55. The Balaban J connectivity index is 1.34. The zero-order valence-corrected chi connectivity index (χ0v) is 23.1. The molecule has 0 radical (unpaired) electrons. The van der Waals surface area contributed by atoms with Gasteiger partial charge in [0, 0.05) is 43.2 Å². The summed E-state index contributed by atoms with van der Waals surface area (Å²) in [7, 11) is 2.13. The molecular weight excluding hydrogens is 506 g/mol. The summed E-state index contributed by atoms with van der Waals surface area (Å²) in [5.74, 6) is 0.681. The summed E-state index contributed by atoms with van der Waals surface area (Å²) in [5.41, 5.74) is 5.30. The van der Waals surface area contributed by atoms with Crippen molar-refractivity contribution in [2.24, 2.45) is 0 Å². The molecule has 2 aromatic heterocycles. The third kappa shape index (κ3) is 4.73. The molecule has 1 N–H and O–H groups in total. The topological polar surface area (TPSA) is 118 Å². The van der Waals surface area contributed by atoms with Gasteiger partial charge in [-0.25, -0.2) is 0 Å². The number of hydrogen-bond acceptors (Lipinski definition) is 9. The second-order valence-electron chi connectivity index (χ2n) is 11.0. The maximum atomic E-state index is 12.5. The number of nitrogens with one attached hydrogen (secondary N) is 1. The lowest BCUT2D eigenvalue weighted by atomic mass is 10.1. The summed E-state index contributed by atoms with van der Waals surface area (Å²) in [4.78, 5) is 31.0. The van der Waals surface area contributed by atoms with Gasteiger partial charge in [-0.3, -0.25) is 9.89 Å². The largest absolute Gasteiger partial charge is 0.462 e. The van der Waals surface area contributed by atoms with E-state index in [-0.39, 0.29) is 18.4 Å². The summed E-state index contributed by atoms with van der Waals surface area (Å²) in [5, 5.41) is 17.9. The number of nitriles is 1. The van der Waals surface area contributed by atoms with Crippen LogP contribution in [0.3, 0.4) is 0 Å². The molecule has 3 aliphatic heterocycles. The Morgan fingerprint density at radius 1 is 1.23 bits per heavy atom. The summed E-state index contributed by atoms with van der Waals surface area (Å²) in [6.07, 6.45) is 5.72. The molecule has 2 fully saturated rings. The van der Waals surface area contributed by atoms with Crippen LogP contribution in [0.2, 0.25) is 0 Å². The van der Waals surface area contributed by atoms with Crippen molar-refractivity contribution in [1.29, 1.82) is 5.26 Å². The number of H-pyrrole nitrogens is 1. The van der Waals surface area contributed by atoms with Crippen molar-refractivity contribution in [3.05, 3.63) is 47.8 Å². The van der Waals surface area contributed by atoms with Crippen LogP contribution < -0.4 is 14.5 Å². The first-order valence-corrected chi connectivity index (χ1v) is 13.9. The van der Waals surface area contributed by atoms with E-state index in [1.165, 1.54) is 18.1 Å². The molecule has 2 saturated heterocycles. The number of benzene rings is 1. The first-order valence-electron chi connectivity index (χ1n) is 13.9.